The molecule has 3 rings (SSSR count). The van der Waals surface area contributed by atoms with Gasteiger partial charge in [-0.25, -0.2) is 0 Å². The lowest BCUT2D eigenvalue weighted by Crippen LogP contribution is -2.42. The van der Waals surface area contributed by atoms with Gasteiger partial charge in [-0.1, -0.05) is 0 Å². The number of nitrogens with one attached hydrogen (secondary N) is 1. The first-order valence-electron chi connectivity index (χ1n) is 6.39. The molecule has 0 amide bonds. The van der Waals surface area contributed by atoms with Crippen molar-refractivity contribution in [3.63, 3.8) is 0 Å². The predicted molar refractivity (Wildman–Crippen MR) is 71.1 cm³/mol. The van der Waals surface area contributed by atoms with E-state index in [1.165, 1.54) is 12.8 Å². The summed E-state index contributed by atoms with van der Waals surface area (Å²) in [6.07, 6.45) is 2.38. The number of hydrogen-bond donors (Lipinski definition) is 2. The van der Waals surface area contributed by atoms with Crippen molar-refractivity contribution in [3.05, 3.63) is 0 Å². The Balaban J connectivity index is 2.02. The Morgan fingerprint density at radius 3 is 2.72 bits per heavy atom. The van der Waals surface area contributed by atoms with Gasteiger partial charge in [-0.05, 0) is 26.7 Å². The number of nitrogen functional groups attached to an aromatic ring is 1. The van der Waals surface area contributed by atoms with E-state index in [4.69, 9.17) is 10.5 Å². The maximum absolute atomic E-state index is 5.85. The van der Waals surface area contributed by atoms with Crippen LogP contribution in [0.15, 0.2) is 0 Å². The van der Waals surface area contributed by atoms with Gasteiger partial charge >= 0.3 is 0 Å². The molecule has 2 aliphatic heterocycles. The summed E-state index contributed by atoms with van der Waals surface area (Å²) in [5.41, 5.74) is 5.67. The number of hydrogen-bond acceptors (Lipinski definition) is 6. The molecule has 0 aliphatic carbocycles. The van der Waals surface area contributed by atoms with Crippen LogP contribution in [0.1, 0.15) is 26.7 Å². The van der Waals surface area contributed by atoms with Gasteiger partial charge in [0, 0.05) is 13.1 Å². The predicted octanol–water partition coefficient (Wildman–Crippen LogP) is 1.24. The van der Waals surface area contributed by atoms with E-state index in [1.54, 1.807) is 0 Å². The smallest absolute Gasteiger partial charge is 0.224 e. The molecule has 3 heterocycles. The lowest BCUT2D eigenvalue weighted by Gasteiger charge is -2.34. The highest BCUT2D eigenvalue weighted by molar-refractivity contribution is 5.69. The average Bonchev–Trinajstić information content (AvgIpc) is 2.79. The topological polar surface area (TPSA) is 76.3 Å². The highest BCUT2D eigenvalue weighted by atomic mass is 16.5. The Labute approximate surface area is 107 Å². The fourth-order valence-electron chi connectivity index (χ4n) is 2.43. The first kappa shape index (κ1) is 11.4. The maximum Gasteiger partial charge on any atom is 0.224 e. The van der Waals surface area contributed by atoms with Crippen LogP contribution in [0.2, 0.25) is 0 Å². The summed E-state index contributed by atoms with van der Waals surface area (Å²) in [5, 5.41) is 3.36. The van der Waals surface area contributed by atoms with Gasteiger partial charge in [0.1, 0.15) is 6.61 Å². The molecule has 0 spiro atoms. The minimum absolute atomic E-state index is 0.129. The van der Waals surface area contributed by atoms with Crippen LogP contribution < -0.4 is 20.7 Å². The highest BCUT2D eigenvalue weighted by Gasteiger charge is 2.31. The Bertz CT molecular complexity index is 468. The molecule has 1 saturated heterocycles. The molecule has 2 aliphatic rings. The minimum atomic E-state index is -0.129. The Morgan fingerprint density at radius 1 is 1.28 bits per heavy atom. The zero-order chi connectivity index (χ0) is 12.8. The first-order valence-corrected chi connectivity index (χ1v) is 6.39. The van der Waals surface area contributed by atoms with Crippen molar-refractivity contribution in [1.29, 1.82) is 0 Å². The average molecular weight is 249 g/mol. The quantitative estimate of drug-likeness (QED) is 0.780. The van der Waals surface area contributed by atoms with Crippen molar-refractivity contribution in [2.24, 2.45) is 0 Å². The van der Waals surface area contributed by atoms with Gasteiger partial charge in [-0.2, -0.15) is 9.97 Å². The lowest BCUT2D eigenvalue weighted by molar-refractivity contribution is 0.240. The molecule has 0 atom stereocenters. The SMILES string of the molecule is CC1(C)COc2c(nc(N)nc2N2CCCC2)N1. The molecule has 6 heteroatoms. The van der Waals surface area contributed by atoms with Gasteiger partial charge < -0.3 is 20.7 Å². The number of nitrogens with two attached hydrogens (primary N) is 1. The van der Waals surface area contributed by atoms with E-state index in [-0.39, 0.29) is 5.54 Å². The van der Waals surface area contributed by atoms with Gasteiger partial charge in [0.2, 0.25) is 11.7 Å². The summed E-state index contributed by atoms with van der Waals surface area (Å²) in [4.78, 5) is 10.8. The molecule has 98 valence electrons. The third kappa shape index (κ3) is 1.91. The third-order valence-corrected chi connectivity index (χ3v) is 3.30. The van der Waals surface area contributed by atoms with Crippen molar-refractivity contribution in [2.75, 3.05) is 35.6 Å². The van der Waals surface area contributed by atoms with Crippen LogP contribution in [-0.4, -0.2) is 35.2 Å². The van der Waals surface area contributed by atoms with Crippen LogP contribution in [0.4, 0.5) is 17.6 Å². The second-order valence-electron chi connectivity index (χ2n) is 5.57. The molecule has 18 heavy (non-hydrogen) atoms. The molecule has 1 fully saturated rings. The fourth-order valence-corrected chi connectivity index (χ4v) is 2.43. The van der Waals surface area contributed by atoms with Crippen LogP contribution in [-0.2, 0) is 0 Å². The number of fused-ring (bicyclic) bond motifs is 1. The molecular formula is C12H19N5O. The molecule has 6 nitrogen and oxygen atoms in total. The zero-order valence-electron chi connectivity index (χ0n) is 10.9. The monoisotopic (exact) mass is 249 g/mol. The van der Waals surface area contributed by atoms with E-state index < -0.39 is 0 Å². The van der Waals surface area contributed by atoms with Gasteiger partial charge in [-0.15, -0.1) is 0 Å². The number of aromatic nitrogens is 2. The highest BCUT2D eigenvalue weighted by Crippen LogP contribution is 2.39. The summed E-state index contributed by atoms with van der Waals surface area (Å²) in [6.45, 7) is 6.77. The van der Waals surface area contributed by atoms with E-state index >= 15 is 0 Å². The molecular weight excluding hydrogens is 230 g/mol. The molecule has 1 aromatic heterocycles. The summed E-state index contributed by atoms with van der Waals surface area (Å²) >= 11 is 0. The van der Waals surface area contributed by atoms with E-state index in [0.717, 1.165) is 24.7 Å². The third-order valence-electron chi connectivity index (χ3n) is 3.30. The summed E-state index contributed by atoms with van der Waals surface area (Å²) in [7, 11) is 0. The van der Waals surface area contributed by atoms with Crippen molar-refractivity contribution in [1.82, 2.24) is 9.97 Å². The molecule has 0 bridgehead atoms. The van der Waals surface area contributed by atoms with Crippen molar-refractivity contribution < 1.29 is 4.74 Å². The Hall–Kier alpha value is -1.72. The Kier molecular flexibility index (Phi) is 2.46. The summed E-state index contributed by atoms with van der Waals surface area (Å²) in [5.74, 6) is 2.58. The van der Waals surface area contributed by atoms with Crippen LogP contribution in [0.5, 0.6) is 5.75 Å². The molecule has 0 unspecified atom stereocenters. The number of nitrogens with zero attached hydrogens (tertiary/aromatic N) is 3. The van der Waals surface area contributed by atoms with Crippen LogP contribution in [0.25, 0.3) is 0 Å². The molecule has 3 N–H and O–H groups in total. The van der Waals surface area contributed by atoms with Crippen LogP contribution in [0.3, 0.4) is 0 Å². The van der Waals surface area contributed by atoms with Crippen LogP contribution >= 0.6 is 0 Å². The van der Waals surface area contributed by atoms with E-state index in [9.17, 15) is 0 Å². The van der Waals surface area contributed by atoms with Crippen molar-refractivity contribution in [2.45, 2.75) is 32.2 Å². The number of rotatable bonds is 1. The fraction of sp³-hybridized carbons (Fsp3) is 0.667. The summed E-state index contributed by atoms with van der Waals surface area (Å²) in [6, 6.07) is 0. The Morgan fingerprint density at radius 2 is 2.00 bits per heavy atom. The maximum atomic E-state index is 5.85. The summed E-state index contributed by atoms with van der Waals surface area (Å²) < 4.78 is 5.85. The van der Waals surface area contributed by atoms with Crippen molar-refractivity contribution in [3.8, 4) is 5.75 Å². The van der Waals surface area contributed by atoms with Gasteiger partial charge in [0.05, 0.1) is 5.54 Å². The molecule has 0 saturated carbocycles. The van der Waals surface area contributed by atoms with Gasteiger partial charge in [-0.3, -0.25) is 0 Å². The largest absolute Gasteiger partial charge is 0.484 e. The van der Waals surface area contributed by atoms with Crippen molar-refractivity contribution >= 4 is 17.6 Å². The standard InChI is InChI=1S/C12H19N5O/c1-12(2)7-18-8-9(16-12)14-11(13)15-10(8)17-5-3-4-6-17/h3-7H2,1-2H3,(H3,13,14,15,16). The molecule has 0 radical (unpaired) electrons. The van der Waals surface area contributed by atoms with E-state index in [0.29, 0.717) is 18.4 Å². The first-order chi connectivity index (χ1) is 8.55. The minimum Gasteiger partial charge on any atom is -0.484 e. The van der Waals surface area contributed by atoms with Crippen LogP contribution in [0, 0.1) is 0 Å². The van der Waals surface area contributed by atoms with Gasteiger partial charge in [0.15, 0.2) is 11.6 Å². The lowest BCUT2D eigenvalue weighted by atomic mass is 10.1. The number of anilines is 3. The zero-order valence-corrected chi connectivity index (χ0v) is 10.9. The normalized spacial score (nSPS) is 21.1. The second kappa shape index (κ2) is 3.90. The van der Waals surface area contributed by atoms with E-state index in [2.05, 4.69) is 34.0 Å². The van der Waals surface area contributed by atoms with E-state index in [1.807, 2.05) is 0 Å². The second-order valence-corrected chi connectivity index (χ2v) is 5.57. The number of ether oxygens (including phenoxy) is 1. The molecule has 0 aromatic carbocycles. The molecule has 1 aromatic rings. The van der Waals surface area contributed by atoms with Gasteiger partial charge in [0.25, 0.3) is 0 Å².